The first kappa shape index (κ1) is 32.6. The number of fused-ring (bicyclic) bond motifs is 1. The second-order valence-corrected chi connectivity index (χ2v) is 11.6. The lowest BCUT2D eigenvalue weighted by Crippen LogP contribution is -2.37. The molecular formula is C33H31F3N4O5S. The smallest absolute Gasteiger partial charge is 0.419 e. The number of thiazole rings is 1. The van der Waals surface area contributed by atoms with Gasteiger partial charge in [-0.05, 0) is 53.3 Å². The number of ether oxygens (including phenoxy) is 1. The summed E-state index contributed by atoms with van der Waals surface area (Å²) in [5.74, 6) is -1.62. The Kier molecular flexibility index (Phi) is 10.3. The lowest BCUT2D eigenvalue weighted by molar-refractivity contribution is -0.139. The summed E-state index contributed by atoms with van der Waals surface area (Å²) < 4.78 is 47.7. The first-order valence-electron chi connectivity index (χ1n) is 14.6. The van der Waals surface area contributed by atoms with Gasteiger partial charge in [0.05, 0.1) is 12.2 Å². The molecule has 46 heavy (non-hydrogen) atoms. The minimum atomic E-state index is -4.68. The maximum atomic E-state index is 14.1. The van der Waals surface area contributed by atoms with Crippen LogP contribution in [0, 0.1) is 0 Å². The van der Waals surface area contributed by atoms with E-state index in [4.69, 9.17) is 9.94 Å². The van der Waals surface area contributed by atoms with Crippen LogP contribution in [-0.4, -0.2) is 39.4 Å². The van der Waals surface area contributed by atoms with Gasteiger partial charge in [0, 0.05) is 30.1 Å². The van der Waals surface area contributed by atoms with E-state index < -0.39 is 35.5 Å². The molecule has 3 aromatic carbocycles. The second kappa shape index (κ2) is 14.6. The third kappa shape index (κ3) is 7.72. The van der Waals surface area contributed by atoms with Crippen LogP contribution >= 0.6 is 11.3 Å². The monoisotopic (exact) mass is 652 g/mol. The van der Waals surface area contributed by atoms with Crippen LogP contribution < -0.4 is 15.5 Å². The maximum Gasteiger partial charge on any atom is 0.419 e. The Morgan fingerprint density at radius 1 is 1.00 bits per heavy atom. The minimum Gasteiger partial charge on any atom is -0.493 e. The Morgan fingerprint density at radius 3 is 2.46 bits per heavy atom. The number of unbranched alkanes of at least 4 members (excludes halogenated alkanes) is 3. The predicted octanol–water partition coefficient (Wildman–Crippen LogP) is 7.00. The van der Waals surface area contributed by atoms with Crippen LogP contribution in [-0.2, 0) is 22.3 Å². The molecule has 4 aromatic rings. The molecule has 0 spiro atoms. The van der Waals surface area contributed by atoms with Gasteiger partial charge in [-0.2, -0.15) is 13.2 Å². The van der Waals surface area contributed by atoms with E-state index in [2.05, 4.69) is 10.3 Å². The van der Waals surface area contributed by atoms with Crippen molar-refractivity contribution in [1.29, 1.82) is 0 Å². The number of alkyl halides is 3. The van der Waals surface area contributed by atoms with Gasteiger partial charge in [-0.15, -0.1) is 11.3 Å². The summed E-state index contributed by atoms with van der Waals surface area (Å²) >= 11 is 1.25. The van der Waals surface area contributed by atoms with E-state index in [1.165, 1.54) is 28.4 Å². The number of hydrogen-bond acceptors (Lipinski definition) is 7. The number of nitrogens with zero attached hydrogens (tertiary/aromatic N) is 2. The third-order valence-corrected chi connectivity index (χ3v) is 8.27. The summed E-state index contributed by atoms with van der Waals surface area (Å²) in [5.41, 5.74) is 2.88. The highest BCUT2D eigenvalue weighted by Gasteiger charge is 2.38. The Labute approximate surface area is 267 Å². The number of rotatable bonds is 13. The summed E-state index contributed by atoms with van der Waals surface area (Å²) in [6.45, 7) is 0.213. The van der Waals surface area contributed by atoms with Crippen molar-refractivity contribution in [2.45, 2.75) is 50.9 Å². The molecule has 1 aliphatic rings. The second-order valence-electron chi connectivity index (χ2n) is 10.7. The molecule has 1 atom stereocenters. The molecule has 13 heteroatoms. The van der Waals surface area contributed by atoms with Crippen molar-refractivity contribution >= 4 is 34.2 Å². The van der Waals surface area contributed by atoms with Gasteiger partial charge in [-0.3, -0.25) is 24.9 Å². The van der Waals surface area contributed by atoms with Gasteiger partial charge in [0.1, 0.15) is 11.8 Å². The number of nitrogens with one attached hydrogen (secondary N) is 2. The highest BCUT2D eigenvalue weighted by Crippen LogP contribution is 2.40. The van der Waals surface area contributed by atoms with E-state index in [0.29, 0.717) is 53.1 Å². The third-order valence-electron chi connectivity index (χ3n) is 7.58. The molecule has 5 rings (SSSR count). The van der Waals surface area contributed by atoms with Gasteiger partial charge >= 0.3 is 6.18 Å². The van der Waals surface area contributed by atoms with Crippen molar-refractivity contribution in [2.24, 2.45) is 0 Å². The molecule has 0 bridgehead atoms. The number of hydrogen-bond donors (Lipinski definition) is 3. The van der Waals surface area contributed by atoms with Crippen molar-refractivity contribution in [3.05, 3.63) is 101 Å². The number of anilines is 1. The molecule has 1 aliphatic heterocycles. The van der Waals surface area contributed by atoms with E-state index in [0.717, 1.165) is 6.07 Å². The molecular weight excluding hydrogens is 621 g/mol. The molecule has 1 unspecified atom stereocenters. The fraction of sp³-hybridized carbons (Fsp3) is 0.273. The number of carbonyl (C=O) groups excluding carboxylic acids is 3. The summed E-state index contributed by atoms with van der Waals surface area (Å²) in [6, 6.07) is 16.7. The number of carbonyl (C=O) groups is 3. The van der Waals surface area contributed by atoms with Crippen LogP contribution in [0.4, 0.5) is 18.3 Å². The van der Waals surface area contributed by atoms with Crippen molar-refractivity contribution in [1.82, 2.24) is 15.4 Å². The van der Waals surface area contributed by atoms with E-state index in [1.807, 2.05) is 6.07 Å². The molecule has 3 amide bonds. The predicted molar refractivity (Wildman–Crippen MR) is 165 cm³/mol. The molecule has 0 radical (unpaired) electrons. The first-order chi connectivity index (χ1) is 22.2. The van der Waals surface area contributed by atoms with Gasteiger partial charge in [0.15, 0.2) is 5.13 Å². The van der Waals surface area contributed by atoms with Crippen LogP contribution in [0.15, 0.2) is 78.3 Å². The summed E-state index contributed by atoms with van der Waals surface area (Å²) in [7, 11) is 0. The fourth-order valence-electron chi connectivity index (χ4n) is 5.31. The summed E-state index contributed by atoms with van der Waals surface area (Å²) in [4.78, 5) is 43.8. The quantitative estimate of drug-likeness (QED) is 0.0813. The standard InChI is InChI=1S/C33H31F3N4O5S/c34-33(35,36)26-19-23(13-14-27(26)45-16-7-2-1-6-10-28(41)39-44)22-11-12-24-20-40(31(43)25(24)18-22)29(21-8-4-3-5-9-21)30(42)38-32-37-15-17-46-32/h3-5,8-9,11-15,17-19,29,44H,1-2,6-7,10,16,20H2,(H,39,41)(H,37,38,42). The number of benzene rings is 3. The van der Waals surface area contributed by atoms with E-state index in [9.17, 15) is 27.6 Å². The van der Waals surface area contributed by atoms with Crippen LogP contribution in [0.2, 0.25) is 0 Å². The lowest BCUT2D eigenvalue weighted by Gasteiger charge is -2.27. The van der Waals surface area contributed by atoms with Gasteiger partial charge in [0.2, 0.25) is 5.91 Å². The Balaban J connectivity index is 1.32. The van der Waals surface area contributed by atoms with Crippen LogP contribution in [0.1, 0.15) is 65.2 Å². The molecule has 0 saturated heterocycles. The Hall–Kier alpha value is -4.75. The summed E-state index contributed by atoms with van der Waals surface area (Å²) in [6.07, 6.45) is -0.599. The molecule has 240 valence electrons. The van der Waals surface area contributed by atoms with Crippen molar-refractivity contribution in [2.75, 3.05) is 11.9 Å². The molecule has 9 nitrogen and oxygen atoms in total. The molecule has 0 aliphatic carbocycles. The fourth-order valence-corrected chi connectivity index (χ4v) is 5.85. The SMILES string of the molecule is O=C(CCCCCCOc1ccc(-c2ccc3c(c2)C(=O)N(C(C(=O)Nc2nccs2)c2ccccc2)C3)cc1C(F)(F)F)NO. The number of halogens is 3. The Bertz CT molecular complexity index is 1680. The maximum absolute atomic E-state index is 14.1. The summed E-state index contributed by atoms with van der Waals surface area (Å²) in [5, 5.41) is 13.4. The molecule has 0 fully saturated rings. The van der Waals surface area contributed by atoms with Crippen molar-refractivity contribution in [3.63, 3.8) is 0 Å². The number of amides is 3. The van der Waals surface area contributed by atoms with E-state index in [1.54, 1.807) is 59.5 Å². The van der Waals surface area contributed by atoms with Crippen molar-refractivity contribution in [3.8, 4) is 16.9 Å². The van der Waals surface area contributed by atoms with Crippen LogP contribution in [0.3, 0.4) is 0 Å². The average molecular weight is 653 g/mol. The highest BCUT2D eigenvalue weighted by molar-refractivity contribution is 7.13. The van der Waals surface area contributed by atoms with Crippen LogP contribution in [0.25, 0.3) is 11.1 Å². The van der Waals surface area contributed by atoms with Gasteiger partial charge in [-0.25, -0.2) is 10.5 Å². The molecule has 2 heterocycles. The number of hydroxylamine groups is 1. The normalized spacial score (nSPS) is 13.3. The molecule has 3 N–H and O–H groups in total. The largest absolute Gasteiger partial charge is 0.493 e. The van der Waals surface area contributed by atoms with E-state index in [-0.39, 0.29) is 30.9 Å². The first-order valence-corrected chi connectivity index (χ1v) is 15.5. The topological polar surface area (TPSA) is 121 Å². The molecule has 1 aromatic heterocycles. The van der Waals surface area contributed by atoms with Gasteiger partial charge in [-0.1, -0.05) is 61.4 Å². The van der Waals surface area contributed by atoms with Gasteiger partial charge in [0.25, 0.3) is 11.8 Å². The lowest BCUT2D eigenvalue weighted by atomic mass is 9.98. The van der Waals surface area contributed by atoms with Crippen molar-refractivity contribution < 1.29 is 37.5 Å². The van der Waals surface area contributed by atoms with E-state index >= 15 is 0 Å². The number of aromatic nitrogens is 1. The zero-order chi connectivity index (χ0) is 32.7. The molecule has 0 saturated carbocycles. The minimum absolute atomic E-state index is 0.0660. The average Bonchev–Trinajstić information content (AvgIpc) is 3.68. The van der Waals surface area contributed by atoms with Crippen LogP contribution in [0.5, 0.6) is 5.75 Å². The zero-order valence-electron chi connectivity index (χ0n) is 24.5. The highest BCUT2D eigenvalue weighted by atomic mass is 32.1. The Morgan fingerprint density at radius 2 is 1.74 bits per heavy atom. The van der Waals surface area contributed by atoms with Gasteiger partial charge < -0.3 is 9.64 Å². The zero-order valence-corrected chi connectivity index (χ0v) is 25.4.